The van der Waals surface area contributed by atoms with E-state index in [0.717, 1.165) is 38.0 Å². The largest absolute Gasteiger partial charge is 0.371 e. The van der Waals surface area contributed by atoms with Crippen LogP contribution < -0.4 is 10.5 Å². The summed E-state index contributed by atoms with van der Waals surface area (Å²) in [6, 6.07) is 1.67. The number of nitrogens with zero attached hydrogens (tertiary/aromatic N) is 3. The Morgan fingerprint density at radius 1 is 1.28 bits per heavy atom. The zero-order valence-electron chi connectivity index (χ0n) is 11.2. The molecule has 0 unspecified atom stereocenters. The maximum absolute atomic E-state index is 11.9. The summed E-state index contributed by atoms with van der Waals surface area (Å²) in [4.78, 5) is 14.0. The summed E-state index contributed by atoms with van der Waals surface area (Å²) in [6.45, 7) is 6.59. The number of hydrogen-bond donors (Lipinski definition) is 0. The first kappa shape index (κ1) is 15.0. The number of unbranched alkanes of at least 4 members (excludes halogenated alkanes) is 2. The number of halogens is 1. The van der Waals surface area contributed by atoms with Gasteiger partial charge in [-0.05, 0) is 26.7 Å². The van der Waals surface area contributed by atoms with Gasteiger partial charge in [0.1, 0.15) is 0 Å². The average Bonchev–Trinajstić information content (AvgIpc) is 2.38. The van der Waals surface area contributed by atoms with E-state index in [1.807, 2.05) is 0 Å². The standard InChI is InChI=1S/C13H22ClN3O/c1-3-16(4-2)12-10-13(18)17(15-11-12)9-7-5-6-8-14/h10-11H,3-9H2,1-2H3. The Morgan fingerprint density at radius 3 is 2.56 bits per heavy atom. The van der Waals surface area contributed by atoms with E-state index in [1.54, 1.807) is 12.3 Å². The molecule has 1 heterocycles. The van der Waals surface area contributed by atoms with Gasteiger partial charge in [-0.3, -0.25) is 4.79 Å². The fourth-order valence-corrected chi connectivity index (χ4v) is 2.08. The summed E-state index contributed by atoms with van der Waals surface area (Å²) in [5.74, 6) is 0.684. The molecule has 0 bridgehead atoms. The molecule has 1 aromatic heterocycles. The highest BCUT2D eigenvalue weighted by atomic mass is 35.5. The quantitative estimate of drug-likeness (QED) is 0.539. The summed E-state index contributed by atoms with van der Waals surface area (Å²) in [7, 11) is 0. The van der Waals surface area contributed by atoms with Crippen LogP contribution in [0.5, 0.6) is 0 Å². The van der Waals surface area contributed by atoms with Crippen molar-refractivity contribution in [1.82, 2.24) is 9.78 Å². The average molecular weight is 272 g/mol. The predicted octanol–water partition coefficient (Wildman–Crippen LogP) is 2.50. The highest BCUT2D eigenvalue weighted by Gasteiger charge is 2.05. The Balaban J connectivity index is 2.65. The molecule has 0 saturated carbocycles. The van der Waals surface area contributed by atoms with E-state index in [4.69, 9.17) is 11.6 Å². The minimum Gasteiger partial charge on any atom is -0.371 e. The molecule has 1 aromatic rings. The molecule has 1 rings (SSSR count). The SMILES string of the molecule is CCN(CC)c1cnn(CCCCCCl)c(=O)c1. The summed E-state index contributed by atoms with van der Waals surface area (Å²) < 4.78 is 1.53. The second-order valence-corrected chi connectivity index (χ2v) is 4.58. The first-order valence-corrected chi connectivity index (χ1v) is 7.14. The number of aryl methyl sites for hydroxylation is 1. The van der Waals surface area contributed by atoms with Crippen molar-refractivity contribution in [1.29, 1.82) is 0 Å². The lowest BCUT2D eigenvalue weighted by Gasteiger charge is -2.20. The van der Waals surface area contributed by atoms with Gasteiger partial charge in [-0.2, -0.15) is 5.10 Å². The molecule has 0 amide bonds. The van der Waals surface area contributed by atoms with E-state index in [-0.39, 0.29) is 5.56 Å². The monoisotopic (exact) mass is 271 g/mol. The van der Waals surface area contributed by atoms with Crippen LogP contribution in [0.1, 0.15) is 33.1 Å². The van der Waals surface area contributed by atoms with Gasteiger partial charge in [0.25, 0.3) is 5.56 Å². The zero-order chi connectivity index (χ0) is 13.4. The van der Waals surface area contributed by atoms with Gasteiger partial charge in [-0.15, -0.1) is 11.6 Å². The molecule has 5 heteroatoms. The van der Waals surface area contributed by atoms with Crippen molar-refractivity contribution in [3.8, 4) is 0 Å². The van der Waals surface area contributed by atoms with Crippen LogP contribution in [0.15, 0.2) is 17.1 Å². The van der Waals surface area contributed by atoms with Crippen molar-refractivity contribution >= 4 is 17.3 Å². The second-order valence-electron chi connectivity index (χ2n) is 4.20. The molecular formula is C13H22ClN3O. The smallest absolute Gasteiger partial charge is 0.268 e. The number of rotatable bonds is 8. The zero-order valence-corrected chi connectivity index (χ0v) is 12.0. The summed E-state index contributed by atoms with van der Waals surface area (Å²) >= 11 is 5.61. The van der Waals surface area contributed by atoms with Gasteiger partial charge in [0.15, 0.2) is 0 Å². The van der Waals surface area contributed by atoms with Crippen molar-refractivity contribution in [2.45, 2.75) is 39.7 Å². The lowest BCUT2D eigenvalue weighted by molar-refractivity contribution is 0.528. The van der Waals surface area contributed by atoms with Gasteiger partial charge < -0.3 is 4.90 Å². The molecule has 0 spiro atoms. The summed E-state index contributed by atoms with van der Waals surface area (Å²) in [5.41, 5.74) is 0.882. The molecule has 0 aromatic carbocycles. The molecular weight excluding hydrogens is 250 g/mol. The van der Waals surface area contributed by atoms with E-state index < -0.39 is 0 Å². The van der Waals surface area contributed by atoms with Crippen LogP contribution in [0.2, 0.25) is 0 Å². The Morgan fingerprint density at radius 2 is 2.00 bits per heavy atom. The van der Waals surface area contributed by atoms with E-state index in [0.29, 0.717) is 12.4 Å². The van der Waals surface area contributed by atoms with Gasteiger partial charge >= 0.3 is 0 Å². The van der Waals surface area contributed by atoms with E-state index >= 15 is 0 Å². The van der Waals surface area contributed by atoms with Gasteiger partial charge in [-0.1, -0.05) is 6.42 Å². The van der Waals surface area contributed by atoms with Crippen LogP contribution in [0, 0.1) is 0 Å². The van der Waals surface area contributed by atoms with Gasteiger partial charge in [0.2, 0.25) is 0 Å². The second kappa shape index (κ2) is 8.14. The van der Waals surface area contributed by atoms with E-state index in [9.17, 15) is 4.79 Å². The van der Waals surface area contributed by atoms with Gasteiger partial charge in [-0.25, -0.2) is 4.68 Å². The molecule has 0 atom stereocenters. The minimum absolute atomic E-state index is 0.0229. The maximum Gasteiger partial charge on any atom is 0.268 e. The van der Waals surface area contributed by atoms with Gasteiger partial charge in [0.05, 0.1) is 11.9 Å². The first-order valence-electron chi connectivity index (χ1n) is 6.61. The van der Waals surface area contributed by atoms with Crippen LogP contribution in [0.3, 0.4) is 0 Å². The molecule has 0 N–H and O–H groups in total. The Labute approximate surface area is 114 Å². The molecule has 0 saturated heterocycles. The minimum atomic E-state index is -0.0229. The molecule has 0 aliphatic rings. The maximum atomic E-state index is 11.9. The molecule has 0 aliphatic carbocycles. The summed E-state index contributed by atoms with van der Waals surface area (Å²) in [6.07, 6.45) is 4.75. The molecule has 18 heavy (non-hydrogen) atoms. The Hall–Kier alpha value is -1.03. The van der Waals surface area contributed by atoms with E-state index in [1.165, 1.54) is 4.68 Å². The van der Waals surface area contributed by atoms with Crippen LogP contribution in [-0.2, 0) is 6.54 Å². The van der Waals surface area contributed by atoms with E-state index in [2.05, 4.69) is 23.8 Å². The lowest BCUT2D eigenvalue weighted by Crippen LogP contribution is -2.27. The van der Waals surface area contributed by atoms with Crippen molar-refractivity contribution < 1.29 is 0 Å². The topological polar surface area (TPSA) is 38.1 Å². The molecule has 4 nitrogen and oxygen atoms in total. The normalized spacial score (nSPS) is 10.6. The Bertz CT molecular complexity index is 401. The number of hydrogen-bond acceptors (Lipinski definition) is 3. The third-order valence-corrected chi connectivity index (χ3v) is 3.25. The third-order valence-electron chi connectivity index (χ3n) is 2.99. The van der Waals surface area contributed by atoms with Crippen LogP contribution >= 0.6 is 11.6 Å². The number of aromatic nitrogens is 2. The predicted molar refractivity (Wildman–Crippen MR) is 76.6 cm³/mol. The summed E-state index contributed by atoms with van der Waals surface area (Å²) in [5, 5.41) is 4.22. The highest BCUT2D eigenvalue weighted by Crippen LogP contribution is 2.08. The molecule has 0 aliphatic heterocycles. The third kappa shape index (κ3) is 4.33. The lowest BCUT2D eigenvalue weighted by atomic mass is 10.2. The molecule has 0 fully saturated rings. The van der Waals surface area contributed by atoms with Crippen LogP contribution in [-0.4, -0.2) is 28.8 Å². The van der Waals surface area contributed by atoms with Crippen molar-refractivity contribution in [3.63, 3.8) is 0 Å². The molecule has 102 valence electrons. The number of anilines is 1. The fraction of sp³-hybridized carbons (Fsp3) is 0.692. The molecule has 0 radical (unpaired) electrons. The fourth-order valence-electron chi connectivity index (χ4n) is 1.89. The highest BCUT2D eigenvalue weighted by molar-refractivity contribution is 6.17. The first-order chi connectivity index (χ1) is 8.72. The van der Waals surface area contributed by atoms with Crippen molar-refractivity contribution in [3.05, 3.63) is 22.6 Å². The van der Waals surface area contributed by atoms with Crippen molar-refractivity contribution in [2.75, 3.05) is 23.9 Å². The van der Waals surface area contributed by atoms with Gasteiger partial charge in [0, 0.05) is 31.6 Å². The van der Waals surface area contributed by atoms with Crippen LogP contribution in [0.4, 0.5) is 5.69 Å². The van der Waals surface area contributed by atoms with Crippen LogP contribution in [0.25, 0.3) is 0 Å². The number of alkyl halides is 1. The Kier molecular flexibility index (Phi) is 6.80. The van der Waals surface area contributed by atoms with Crippen molar-refractivity contribution in [2.24, 2.45) is 0 Å².